The topological polar surface area (TPSA) is 92.3 Å². The molecule has 0 aliphatic heterocycles. The highest BCUT2D eigenvalue weighted by atomic mass is 35.5. The lowest BCUT2D eigenvalue weighted by atomic mass is 10.3. The SMILES string of the molecule is CCCCNS(=O)(=O)c1cccc(NS(=O)(=O)c2cc(Cl)ccc2Cl)c1. The molecule has 0 atom stereocenters. The van der Waals surface area contributed by atoms with Gasteiger partial charge in [0.15, 0.2) is 0 Å². The second kappa shape index (κ2) is 8.58. The highest BCUT2D eigenvalue weighted by molar-refractivity contribution is 7.93. The molecule has 142 valence electrons. The summed E-state index contributed by atoms with van der Waals surface area (Å²) in [5, 5.41) is 0.220. The number of halogens is 2. The second-order valence-electron chi connectivity index (χ2n) is 5.46. The Balaban J connectivity index is 2.29. The highest BCUT2D eigenvalue weighted by Gasteiger charge is 2.20. The van der Waals surface area contributed by atoms with Crippen LogP contribution in [0.2, 0.25) is 10.0 Å². The zero-order valence-electron chi connectivity index (χ0n) is 13.9. The molecule has 26 heavy (non-hydrogen) atoms. The minimum atomic E-state index is -4.03. The first-order valence-electron chi connectivity index (χ1n) is 7.73. The van der Waals surface area contributed by atoms with Crippen molar-refractivity contribution in [2.45, 2.75) is 29.6 Å². The van der Waals surface area contributed by atoms with E-state index in [9.17, 15) is 16.8 Å². The molecule has 0 radical (unpaired) electrons. The lowest BCUT2D eigenvalue weighted by Crippen LogP contribution is -2.24. The third-order valence-corrected chi connectivity index (χ3v) is 6.96. The molecule has 0 aromatic heterocycles. The zero-order chi connectivity index (χ0) is 19.4. The van der Waals surface area contributed by atoms with Crippen molar-refractivity contribution in [1.29, 1.82) is 0 Å². The summed E-state index contributed by atoms with van der Waals surface area (Å²) in [6, 6.07) is 9.59. The van der Waals surface area contributed by atoms with Gasteiger partial charge in [-0.25, -0.2) is 21.6 Å². The molecule has 0 saturated heterocycles. The molecule has 2 rings (SSSR count). The van der Waals surface area contributed by atoms with Crippen LogP contribution in [0.15, 0.2) is 52.3 Å². The zero-order valence-corrected chi connectivity index (χ0v) is 17.0. The van der Waals surface area contributed by atoms with Gasteiger partial charge in [-0.3, -0.25) is 4.72 Å². The van der Waals surface area contributed by atoms with Crippen LogP contribution in [0.3, 0.4) is 0 Å². The highest BCUT2D eigenvalue weighted by Crippen LogP contribution is 2.27. The van der Waals surface area contributed by atoms with E-state index in [4.69, 9.17) is 23.2 Å². The number of rotatable bonds is 8. The average Bonchev–Trinajstić information content (AvgIpc) is 2.57. The monoisotopic (exact) mass is 436 g/mol. The quantitative estimate of drug-likeness (QED) is 0.614. The van der Waals surface area contributed by atoms with Gasteiger partial charge < -0.3 is 0 Å². The van der Waals surface area contributed by atoms with Crippen LogP contribution in [0.4, 0.5) is 5.69 Å². The minimum absolute atomic E-state index is 0.00640. The van der Waals surface area contributed by atoms with Crippen LogP contribution in [0.1, 0.15) is 19.8 Å². The summed E-state index contributed by atoms with van der Waals surface area (Å²) in [6.07, 6.45) is 1.56. The van der Waals surface area contributed by atoms with Crippen LogP contribution in [0.5, 0.6) is 0 Å². The van der Waals surface area contributed by atoms with Crippen molar-refractivity contribution in [3.63, 3.8) is 0 Å². The molecule has 0 amide bonds. The molecule has 0 unspecified atom stereocenters. The van der Waals surface area contributed by atoms with E-state index in [1.165, 1.54) is 42.5 Å². The van der Waals surface area contributed by atoms with E-state index in [2.05, 4.69) is 9.44 Å². The molecular weight excluding hydrogens is 419 g/mol. The lowest BCUT2D eigenvalue weighted by Gasteiger charge is -2.12. The van der Waals surface area contributed by atoms with E-state index >= 15 is 0 Å². The van der Waals surface area contributed by atoms with Crippen LogP contribution < -0.4 is 9.44 Å². The molecule has 0 saturated carbocycles. The number of anilines is 1. The van der Waals surface area contributed by atoms with Gasteiger partial charge in [0.25, 0.3) is 10.0 Å². The van der Waals surface area contributed by atoms with Gasteiger partial charge in [0, 0.05) is 11.6 Å². The van der Waals surface area contributed by atoms with Gasteiger partial charge in [0.05, 0.1) is 15.6 Å². The maximum atomic E-state index is 12.5. The van der Waals surface area contributed by atoms with Gasteiger partial charge in [0.1, 0.15) is 4.90 Å². The Hall–Kier alpha value is -1.32. The minimum Gasteiger partial charge on any atom is -0.280 e. The largest absolute Gasteiger partial charge is 0.280 e. The predicted octanol–water partition coefficient (Wildman–Crippen LogP) is 3.87. The van der Waals surface area contributed by atoms with Crippen LogP contribution in [-0.4, -0.2) is 23.4 Å². The maximum Gasteiger partial charge on any atom is 0.263 e. The van der Waals surface area contributed by atoms with Gasteiger partial charge in [-0.2, -0.15) is 0 Å². The predicted molar refractivity (Wildman–Crippen MR) is 104 cm³/mol. The Morgan fingerprint density at radius 2 is 1.69 bits per heavy atom. The number of sulfonamides is 2. The third-order valence-electron chi connectivity index (χ3n) is 3.40. The van der Waals surface area contributed by atoms with Crippen molar-refractivity contribution >= 4 is 48.9 Å². The normalized spacial score (nSPS) is 12.1. The van der Waals surface area contributed by atoms with Crippen molar-refractivity contribution in [1.82, 2.24) is 4.72 Å². The van der Waals surface area contributed by atoms with Crippen molar-refractivity contribution in [2.24, 2.45) is 0 Å². The number of hydrogen-bond donors (Lipinski definition) is 2. The van der Waals surface area contributed by atoms with Gasteiger partial charge in [-0.1, -0.05) is 42.6 Å². The Morgan fingerprint density at radius 3 is 2.38 bits per heavy atom. The molecule has 0 fully saturated rings. The number of benzene rings is 2. The maximum absolute atomic E-state index is 12.5. The first-order chi connectivity index (χ1) is 12.2. The fourth-order valence-corrected chi connectivity index (χ4v) is 5.02. The molecule has 0 aliphatic carbocycles. The standard InChI is InChI=1S/C16H18Cl2N2O4S2/c1-2-3-9-19-25(21,22)14-6-4-5-13(11-14)20-26(23,24)16-10-12(17)7-8-15(16)18/h4-8,10-11,19-20H,2-3,9H2,1H3. The summed E-state index contributed by atoms with van der Waals surface area (Å²) in [6.45, 7) is 2.26. The van der Waals surface area contributed by atoms with Gasteiger partial charge in [-0.15, -0.1) is 0 Å². The lowest BCUT2D eigenvalue weighted by molar-refractivity contribution is 0.578. The van der Waals surface area contributed by atoms with Crippen molar-refractivity contribution in [3.8, 4) is 0 Å². The van der Waals surface area contributed by atoms with Crippen LogP contribution >= 0.6 is 23.2 Å². The van der Waals surface area contributed by atoms with E-state index < -0.39 is 20.0 Å². The molecule has 10 heteroatoms. The first kappa shape index (κ1) is 21.0. The molecular formula is C16H18Cl2N2O4S2. The molecule has 0 bridgehead atoms. The molecule has 2 N–H and O–H groups in total. The van der Waals surface area contributed by atoms with Crippen molar-refractivity contribution in [3.05, 3.63) is 52.5 Å². The number of nitrogens with one attached hydrogen (secondary N) is 2. The smallest absolute Gasteiger partial charge is 0.263 e. The first-order valence-corrected chi connectivity index (χ1v) is 11.5. The summed E-state index contributed by atoms with van der Waals surface area (Å²) >= 11 is 11.8. The number of unbranched alkanes of at least 4 members (excludes halogenated alkanes) is 1. The molecule has 2 aromatic carbocycles. The summed E-state index contributed by atoms with van der Waals surface area (Å²) in [5.41, 5.74) is 0.0967. The Bertz CT molecular complexity index is 993. The molecule has 0 aliphatic rings. The number of hydrogen-bond acceptors (Lipinski definition) is 4. The van der Waals surface area contributed by atoms with Gasteiger partial charge >= 0.3 is 0 Å². The fourth-order valence-electron chi connectivity index (χ4n) is 2.09. The summed E-state index contributed by atoms with van der Waals surface area (Å²) in [4.78, 5) is -0.230. The Morgan fingerprint density at radius 1 is 0.962 bits per heavy atom. The fraction of sp³-hybridized carbons (Fsp3) is 0.250. The van der Waals surface area contributed by atoms with Crippen LogP contribution in [0, 0.1) is 0 Å². The van der Waals surface area contributed by atoms with E-state index in [-0.39, 0.29) is 25.5 Å². The average molecular weight is 437 g/mol. The Labute approximate surface area is 163 Å². The van der Waals surface area contributed by atoms with E-state index in [1.54, 1.807) is 0 Å². The van der Waals surface area contributed by atoms with E-state index in [1.807, 2.05) is 6.92 Å². The third kappa shape index (κ3) is 5.34. The Kier molecular flexibility index (Phi) is 6.92. The van der Waals surface area contributed by atoms with Crippen molar-refractivity contribution < 1.29 is 16.8 Å². The molecule has 0 heterocycles. The van der Waals surface area contributed by atoms with Crippen molar-refractivity contribution in [2.75, 3.05) is 11.3 Å². The molecule has 0 spiro atoms. The van der Waals surface area contributed by atoms with E-state index in [0.717, 1.165) is 6.42 Å². The summed E-state index contributed by atoms with van der Waals surface area (Å²) in [5.74, 6) is 0. The second-order valence-corrected chi connectivity index (χ2v) is 9.72. The molecule has 2 aromatic rings. The summed E-state index contributed by atoms with van der Waals surface area (Å²) in [7, 11) is -7.75. The van der Waals surface area contributed by atoms with Crippen LogP contribution in [0.25, 0.3) is 0 Å². The summed E-state index contributed by atoms with van der Waals surface area (Å²) < 4.78 is 54.4. The van der Waals surface area contributed by atoms with Crippen LogP contribution in [-0.2, 0) is 20.0 Å². The molecule has 6 nitrogen and oxygen atoms in total. The van der Waals surface area contributed by atoms with Gasteiger partial charge in [0.2, 0.25) is 10.0 Å². The van der Waals surface area contributed by atoms with Gasteiger partial charge in [-0.05, 0) is 42.8 Å². The van der Waals surface area contributed by atoms with E-state index in [0.29, 0.717) is 13.0 Å².